The smallest absolute Gasteiger partial charge is 0.0682 e. The summed E-state index contributed by atoms with van der Waals surface area (Å²) in [7, 11) is 0. The molecule has 3 atom stereocenters. The van der Waals surface area contributed by atoms with Gasteiger partial charge in [0.25, 0.3) is 0 Å². The minimum atomic E-state index is -0.143. The van der Waals surface area contributed by atoms with E-state index in [0.29, 0.717) is 16.9 Å². The molecule has 18 heavy (non-hydrogen) atoms. The Kier molecular flexibility index (Phi) is 3.22. The molecule has 1 saturated carbocycles. The monoisotopic (exact) mass is 267 g/mol. The Morgan fingerprint density at radius 1 is 1.28 bits per heavy atom. The second-order valence-corrected chi connectivity index (χ2v) is 5.82. The first-order valence-electron chi connectivity index (χ1n) is 6.51. The third-order valence-electron chi connectivity index (χ3n) is 4.35. The zero-order valence-electron chi connectivity index (χ0n) is 10.2. The summed E-state index contributed by atoms with van der Waals surface area (Å²) in [4.78, 5) is 2.27. The van der Waals surface area contributed by atoms with Gasteiger partial charge in [-0.3, -0.25) is 0 Å². The van der Waals surface area contributed by atoms with Gasteiger partial charge in [0.05, 0.1) is 23.4 Å². The predicted molar refractivity (Wildman–Crippen MR) is 71.8 cm³/mol. The van der Waals surface area contributed by atoms with E-state index < -0.39 is 0 Å². The van der Waals surface area contributed by atoms with E-state index in [4.69, 9.17) is 16.7 Å². The van der Waals surface area contributed by atoms with Crippen LogP contribution in [0.2, 0.25) is 5.02 Å². The number of halogens is 1. The molecule has 4 heteroatoms. The largest absolute Gasteiger partial charge is 0.393 e. The first kappa shape index (κ1) is 12.3. The summed E-state index contributed by atoms with van der Waals surface area (Å²) >= 11 is 6.27. The van der Waals surface area contributed by atoms with E-state index in [0.717, 1.165) is 37.2 Å². The third kappa shape index (κ3) is 2.00. The Labute approximate surface area is 112 Å². The number of rotatable bonds is 2. The van der Waals surface area contributed by atoms with E-state index in [1.807, 2.05) is 18.2 Å². The fourth-order valence-corrected chi connectivity index (χ4v) is 3.66. The van der Waals surface area contributed by atoms with Gasteiger partial charge in [-0.2, -0.15) is 0 Å². The van der Waals surface area contributed by atoms with Crippen LogP contribution in [0.4, 0.5) is 5.69 Å². The van der Waals surface area contributed by atoms with Crippen molar-refractivity contribution in [2.45, 2.75) is 25.6 Å². The number of benzene rings is 1. The molecule has 0 spiro atoms. The highest BCUT2D eigenvalue weighted by Crippen LogP contribution is 2.41. The van der Waals surface area contributed by atoms with Gasteiger partial charge in [0.15, 0.2) is 0 Å². The molecule has 2 aliphatic rings. The average Bonchev–Trinajstić information content (AvgIpc) is 2.92. The summed E-state index contributed by atoms with van der Waals surface area (Å²) in [6.45, 7) is 1.90. The summed E-state index contributed by atoms with van der Waals surface area (Å²) < 4.78 is 0. The van der Waals surface area contributed by atoms with Gasteiger partial charge in [0, 0.05) is 19.0 Å². The van der Waals surface area contributed by atoms with Crippen molar-refractivity contribution in [2.24, 2.45) is 11.8 Å². The highest BCUT2D eigenvalue weighted by molar-refractivity contribution is 6.33. The molecule has 2 N–H and O–H groups in total. The second kappa shape index (κ2) is 4.72. The van der Waals surface area contributed by atoms with Crippen LogP contribution >= 0.6 is 11.6 Å². The van der Waals surface area contributed by atoms with Gasteiger partial charge < -0.3 is 15.1 Å². The zero-order chi connectivity index (χ0) is 12.7. The van der Waals surface area contributed by atoms with Crippen LogP contribution in [0.15, 0.2) is 18.2 Å². The summed E-state index contributed by atoms with van der Waals surface area (Å²) in [5.41, 5.74) is 1.86. The molecule has 1 aliphatic carbocycles. The van der Waals surface area contributed by atoms with E-state index in [-0.39, 0.29) is 12.7 Å². The molecule has 1 aromatic rings. The lowest BCUT2D eigenvalue weighted by molar-refractivity contribution is 0.133. The maximum atomic E-state index is 9.92. The van der Waals surface area contributed by atoms with Crippen LogP contribution in [0, 0.1) is 11.8 Å². The summed E-state index contributed by atoms with van der Waals surface area (Å²) in [5, 5.41) is 19.7. The molecule has 1 saturated heterocycles. The maximum Gasteiger partial charge on any atom is 0.0682 e. The Hall–Kier alpha value is -0.770. The Morgan fingerprint density at radius 3 is 2.78 bits per heavy atom. The predicted octanol–water partition coefficient (Wildman–Crippen LogP) is 2.04. The average molecular weight is 268 g/mol. The lowest BCUT2D eigenvalue weighted by atomic mass is 10.00. The SMILES string of the molecule is OCc1ccc(N2CC3CCC(O)C3C2)c(Cl)c1. The standard InChI is InChI=1S/C14H18ClNO2/c15-12-5-9(8-17)1-3-13(12)16-6-10-2-4-14(18)11(10)7-16/h1,3,5,10-11,14,17-18H,2,4,6-8H2. The minimum Gasteiger partial charge on any atom is -0.393 e. The quantitative estimate of drug-likeness (QED) is 0.862. The van der Waals surface area contributed by atoms with Crippen molar-refractivity contribution in [1.82, 2.24) is 0 Å². The van der Waals surface area contributed by atoms with E-state index in [1.54, 1.807) is 0 Å². The normalized spacial score (nSPS) is 30.8. The molecular weight excluding hydrogens is 250 g/mol. The van der Waals surface area contributed by atoms with Gasteiger partial charge in [-0.1, -0.05) is 17.7 Å². The van der Waals surface area contributed by atoms with Crippen molar-refractivity contribution in [3.05, 3.63) is 28.8 Å². The van der Waals surface area contributed by atoms with Crippen LogP contribution in [0.25, 0.3) is 0 Å². The third-order valence-corrected chi connectivity index (χ3v) is 4.66. The summed E-state index contributed by atoms with van der Waals surface area (Å²) in [6.07, 6.45) is 1.92. The maximum absolute atomic E-state index is 9.92. The van der Waals surface area contributed by atoms with E-state index in [1.165, 1.54) is 0 Å². The van der Waals surface area contributed by atoms with Gasteiger partial charge in [0.1, 0.15) is 0 Å². The number of hydrogen-bond acceptors (Lipinski definition) is 3. The van der Waals surface area contributed by atoms with Gasteiger partial charge in [0.2, 0.25) is 0 Å². The number of fused-ring (bicyclic) bond motifs is 1. The topological polar surface area (TPSA) is 43.7 Å². The Bertz CT molecular complexity index is 451. The fraction of sp³-hybridized carbons (Fsp3) is 0.571. The van der Waals surface area contributed by atoms with E-state index in [2.05, 4.69) is 4.90 Å². The zero-order valence-corrected chi connectivity index (χ0v) is 11.0. The number of anilines is 1. The van der Waals surface area contributed by atoms with Gasteiger partial charge in [-0.05, 0) is 36.5 Å². The minimum absolute atomic E-state index is 0.0178. The van der Waals surface area contributed by atoms with Crippen molar-refractivity contribution in [3.8, 4) is 0 Å². The van der Waals surface area contributed by atoms with E-state index >= 15 is 0 Å². The second-order valence-electron chi connectivity index (χ2n) is 5.42. The van der Waals surface area contributed by atoms with Crippen LogP contribution < -0.4 is 4.90 Å². The van der Waals surface area contributed by atoms with Gasteiger partial charge in [-0.15, -0.1) is 0 Å². The van der Waals surface area contributed by atoms with Crippen LogP contribution in [-0.4, -0.2) is 29.4 Å². The van der Waals surface area contributed by atoms with Crippen molar-refractivity contribution >= 4 is 17.3 Å². The molecule has 0 aromatic heterocycles. The lowest BCUT2D eigenvalue weighted by Gasteiger charge is -2.22. The van der Waals surface area contributed by atoms with Crippen molar-refractivity contribution < 1.29 is 10.2 Å². The number of aliphatic hydroxyl groups excluding tert-OH is 2. The number of aliphatic hydroxyl groups is 2. The van der Waals surface area contributed by atoms with Crippen LogP contribution in [0.3, 0.4) is 0 Å². The Morgan fingerprint density at radius 2 is 2.11 bits per heavy atom. The highest BCUT2D eigenvalue weighted by atomic mass is 35.5. The fourth-order valence-electron chi connectivity index (χ4n) is 3.34. The summed E-state index contributed by atoms with van der Waals surface area (Å²) in [5.74, 6) is 1.01. The number of hydrogen-bond donors (Lipinski definition) is 2. The molecule has 0 amide bonds. The van der Waals surface area contributed by atoms with Crippen LogP contribution in [-0.2, 0) is 6.61 Å². The van der Waals surface area contributed by atoms with Crippen LogP contribution in [0.1, 0.15) is 18.4 Å². The molecule has 3 rings (SSSR count). The molecule has 0 radical (unpaired) electrons. The molecule has 0 bridgehead atoms. The number of nitrogens with zero attached hydrogens (tertiary/aromatic N) is 1. The molecule has 2 fully saturated rings. The first-order chi connectivity index (χ1) is 8.69. The van der Waals surface area contributed by atoms with Gasteiger partial charge in [-0.25, -0.2) is 0 Å². The molecule has 3 unspecified atom stereocenters. The summed E-state index contributed by atoms with van der Waals surface area (Å²) in [6, 6.07) is 5.70. The van der Waals surface area contributed by atoms with Crippen molar-refractivity contribution in [1.29, 1.82) is 0 Å². The first-order valence-corrected chi connectivity index (χ1v) is 6.89. The highest BCUT2D eigenvalue weighted by Gasteiger charge is 2.42. The molecule has 1 aliphatic heterocycles. The molecule has 1 aromatic carbocycles. The molecule has 3 nitrogen and oxygen atoms in total. The van der Waals surface area contributed by atoms with Crippen molar-refractivity contribution in [2.75, 3.05) is 18.0 Å². The molecule has 98 valence electrons. The van der Waals surface area contributed by atoms with Gasteiger partial charge >= 0.3 is 0 Å². The van der Waals surface area contributed by atoms with Crippen LogP contribution in [0.5, 0.6) is 0 Å². The Balaban J connectivity index is 1.80. The molecule has 1 heterocycles. The van der Waals surface area contributed by atoms with E-state index in [9.17, 15) is 5.11 Å². The molecular formula is C14H18ClNO2. The lowest BCUT2D eigenvalue weighted by Crippen LogP contribution is -2.24. The van der Waals surface area contributed by atoms with Crippen molar-refractivity contribution in [3.63, 3.8) is 0 Å².